The molecule has 0 aromatic carbocycles. The van der Waals surface area contributed by atoms with Gasteiger partial charge in [0.05, 0.1) is 0 Å². The molecule has 0 spiro atoms. The number of ether oxygens (including phenoxy) is 1. The normalized spacial score (nSPS) is 9.33. The van der Waals surface area contributed by atoms with Crippen LogP contribution in [0.1, 0.15) is 6.92 Å². The van der Waals surface area contributed by atoms with E-state index in [2.05, 4.69) is 42.9 Å². The fraction of sp³-hybridized carbons (Fsp3) is 0.600. The maximum Gasteiger partial charge on any atom is 0.129 e. The Morgan fingerprint density at radius 3 is 2.17 bits per heavy atom. The second-order valence-electron chi connectivity index (χ2n) is 3.47. The van der Waals surface area contributed by atoms with E-state index in [1.54, 1.807) is 6.92 Å². The zero-order valence-electron chi connectivity index (χ0n) is 8.32. The van der Waals surface area contributed by atoms with Gasteiger partial charge in [0.1, 0.15) is 21.3 Å². The monoisotopic (exact) mass is 180 g/mol. The summed E-state index contributed by atoms with van der Waals surface area (Å²) < 4.78 is 5.14. The number of hydrogen-bond acceptors (Lipinski definition) is 1. The number of hydrogen-bond donors (Lipinski definition) is 0. The molecule has 0 aliphatic carbocycles. The van der Waals surface area contributed by atoms with Gasteiger partial charge < -0.3 is 4.74 Å². The van der Waals surface area contributed by atoms with Crippen LogP contribution in [0.15, 0.2) is 0 Å². The van der Waals surface area contributed by atoms with E-state index >= 15 is 0 Å². The van der Waals surface area contributed by atoms with Crippen molar-refractivity contribution in [3.63, 3.8) is 0 Å². The minimum absolute atomic E-state index is 0.497. The highest BCUT2D eigenvalue weighted by atomic mass is 28.3. The molecule has 2 heteroatoms. The van der Waals surface area contributed by atoms with Crippen LogP contribution in [-0.4, -0.2) is 21.3 Å². The maximum atomic E-state index is 5.14. The molecule has 1 nitrogen and oxygen atoms in total. The van der Waals surface area contributed by atoms with Crippen LogP contribution in [0.4, 0.5) is 0 Å². The maximum absolute atomic E-state index is 5.14. The smallest absolute Gasteiger partial charge is 0.129 e. The van der Waals surface area contributed by atoms with Crippen molar-refractivity contribution in [3.8, 4) is 23.3 Å². The summed E-state index contributed by atoms with van der Waals surface area (Å²) in [6.07, 6.45) is 0. The molecule has 0 heterocycles. The largest absolute Gasteiger partial charge is 0.356 e. The molecule has 0 radical (unpaired) electrons. The van der Waals surface area contributed by atoms with Gasteiger partial charge >= 0.3 is 0 Å². The van der Waals surface area contributed by atoms with Crippen molar-refractivity contribution in [1.29, 1.82) is 0 Å². The van der Waals surface area contributed by atoms with Gasteiger partial charge in [-0.25, -0.2) is 0 Å². The average Bonchev–Trinajstić information content (AvgIpc) is 1.94. The lowest BCUT2D eigenvalue weighted by atomic mass is 10.6. The lowest BCUT2D eigenvalue weighted by Gasteiger charge is -2.02. The van der Waals surface area contributed by atoms with E-state index in [1.807, 2.05) is 0 Å². The topological polar surface area (TPSA) is 9.23 Å². The van der Waals surface area contributed by atoms with E-state index in [-0.39, 0.29) is 0 Å². The zero-order chi connectivity index (χ0) is 9.45. The Morgan fingerprint density at radius 1 is 1.08 bits per heavy atom. The van der Waals surface area contributed by atoms with E-state index in [4.69, 9.17) is 4.74 Å². The third-order valence-electron chi connectivity index (χ3n) is 0.989. The highest BCUT2D eigenvalue weighted by Crippen LogP contribution is 1.95. The molecular weight excluding hydrogens is 164 g/mol. The van der Waals surface area contributed by atoms with Gasteiger partial charge in [-0.2, -0.15) is 0 Å². The fourth-order valence-electron chi connectivity index (χ4n) is 0.527. The van der Waals surface area contributed by atoms with Crippen LogP contribution in [0.3, 0.4) is 0 Å². The zero-order valence-corrected chi connectivity index (χ0v) is 9.32. The van der Waals surface area contributed by atoms with E-state index in [9.17, 15) is 0 Å². The first-order valence-corrected chi connectivity index (χ1v) is 7.53. The molecule has 0 N–H and O–H groups in total. The molecule has 0 rings (SSSR count). The molecular formula is C10H16OSi. The fourth-order valence-corrected chi connectivity index (χ4v) is 1.13. The average molecular weight is 180 g/mol. The molecule has 0 unspecified atom stereocenters. The molecule has 0 fully saturated rings. The van der Waals surface area contributed by atoms with E-state index < -0.39 is 8.07 Å². The van der Waals surface area contributed by atoms with Crippen molar-refractivity contribution < 1.29 is 4.74 Å². The molecule has 0 atom stereocenters. The molecule has 66 valence electrons. The summed E-state index contributed by atoms with van der Waals surface area (Å²) in [4.78, 5) is 0. The van der Waals surface area contributed by atoms with Crippen molar-refractivity contribution in [1.82, 2.24) is 0 Å². The third-order valence-corrected chi connectivity index (χ3v) is 1.92. The van der Waals surface area contributed by atoms with Crippen molar-refractivity contribution in [2.45, 2.75) is 26.6 Å². The lowest BCUT2D eigenvalue weighted by Crippen LogP contribution is -2.16. The van der Waals surface area contributed by atoms with Gasteiger partial charge in [0.15, 0.2) is 0 Å². The second-order valence-corrected chi connectivity index (χ2v) is 8.22. The Balaban J connectivity index is 3.51. The second kappa shape index (κ2) is 5.89. The van der Waals surface area contributed by atoms with Gasteiger partial charge in [-0.3, -0.25) is 0 Å². The Morgan fingerprint density at radius 2 is 1.67 bits per heavy atom. The van der Waals surface area contributed by atoms with Crippen LogP contribution in [-0.2, 0) is 4.74 Å². The molecule has 0 amide bonds. The van der Waals surface area contributed by atoms with Gasteiger partial charge in [0.25, 0.3) is 0 Å². The molecule has 0 aliphatic heterocycles. The Hall–Kier alpha value is -0.703. The first kappa shape index (κ1) is 11.3. The minimum Gasteiger partial charge on any atom is -0.356 e. The van der Waals surface area contributed by atoms with Crippen molar-refractivity contribution in [3.05, 3.63) is 0 Å². The molecule has 0 aromatic rings. The minimum atomic E-state index is -1.20. The molecule has 0 saturated heterocycles. The van der Waals surface area contributed by atoms with Crippen molar-refractivity contribution in [2.24, 2.45) is 0 Å². The summed E-state index contributed by atoms with van der Waals surface area (Å²) in [5, 5.41) is 0. The lowest BCUT2D eigenvalue weighted by molar-refractivity contribution is 0.204. The summed E-state index contributed by atoms with van der Waals surface area (Å²) >= 11 is 0. The summed E-state index contributed by atoms with van der Waals surface area (Å²) in [5.41, 5.74) is 3.21. The molecule has 0 aromatic heterocycles. The van der Waals surface area contributed by atoms with Crippen LogP contribution < -0.4 is 0 Å². The van der Waals surface area contributed by atoms with Gasteiger partial charge in [-0.05, 0) is 6.92 Å². The standard InChI is InChI=1S/C10H16OSi/c1-5-6-8-11-9-7-10-12(2,3)4/h8-9H2,1-4H3. The van der Waals surface area contributed by atoms with Crippen LogP contribution in [0.25, 0.3) is 0 Å². The summed E-state index contributed by atoms with van der Waals surface area (Å²) in [6.45, 7) is 9.45. The first-order valence-electron chi connectivity index (χ1n) is 4.03. The van der Waals surface area contributed by atoms with Crippen LogP contribution in [0.2, 0.25) is 19.6 Å². The van der Waals surface area contributed by atoms with Gasteiger partial charge in [0, 0.05) is 0 Å². The van der Waals surface area contributed by atoms with Gasteiger partial charge in [-0.1, -0.05) is 31.5 Å². The predicted octanol–water partition coefficient (Wildman–Crippen LogP) is 1.91. The Labute approximate surface area is 76.5 Å². The Bertz CT molecular complexity index is 229. The van der Waals surface area contributed by atoms with Gasteiger partial charge in [0.2, 0.25) is 0 Å². The van der Waals surface area contributed by atoms with Crippen LogP contribution in [0, 0.1) is 23.3 Å². The van der Waals surface area contributed by atoms with Crippen molar-refractivity contribution >= 4 is 8.07 Å². The third kappa shape index (κ3) is 9.30. The van der Waals surface area contributed by atoms with Crippen LogP contribution in [0.5, 0.6) is 0 Å². The van der Waals surface area contributed by atoms with Crippen molar-refractivity contribution in [2.75, 3.05) is 13.2 Å². The van der Waals surface area contributed by atoms with Crippen LogP contribution >= 0.6 is 0 Å². The van der Waals surface area contributed by atoms with E-state index in [1.165, 1.54) is 0 Å². The summed E-state index contributed by atoms with van der Waals surface area (Å²) in [5.74, 6) is 8.58. The first-order chi connectivity index (χ1) is 5.56. The highest BCUT2D eigenvalue weighted by Gasteiger charge is 2.06. The molecule has 0 saturated carbocycles. The van der Waals surface area contributed by atoms with E-state index in [0.717, 1.165) is 0 Å². The van der Waals surface area contributed by atoms with Gasteiger partial charge in [-0.15, -0.1) is 11.5 Å². The molecule has 0 bridgehead atoms. The quantitative estimate of drug-likeness (QED) is 0.358. The summed E-state index contributed by atoms with van der Waals surface area (Å²) in [7, 11) is -1.20. The Kier molecular flexibility index (Phi) is 5.54. The highest BCUT2D eigenvalue weighted by molar-refractivity contribution is 6.83. The van der Waals surface area contributed by atoms with E-state index in [0.29, 0.717) is 13.2 Å². The predicted molar refractivity (Wildman–Crippen MR) is 55.4 cm³/mol. The molecule has 12 heavy (non-hydrogen) atoms. The molecule has 0 aliphatic rings. The summed E-state index contributed by atoms with van der Waals surface area (Å²) in [6, 6.07) is 0. The number of rotatable bonds is 2. The SMILES string of the molecule is CC#CCOCC#C[Si](C)(C)C.